The molecule has 1 amide bonds. The second kappa shape index (κ2) is 6.90. The van der Waals surface area contributed by atoms with Crippen LogP contribution in [0.25, 0.3) is 0 Å². The lowest BCUT2D eigenvalue weighted by Gasteiger charge is -2.21. The van der Waals surface area contributed by atoms with E-state index in [9.17, 15) is 9.90 Å². The first-order valence-electron chi connectivity index (χ1n) is 6.94. The highest BCUT2D eigenvalue weighted by atomic mass is 35.5. The minimum atomic E-state index is -0.470. The van der Waals surface area contributed by atoms with E-state index in [1.165, 1.54) is 6.07 Å². The summed E-state index contributed by atoms with van der Waals surface area (Å²) in [5, 5.41) is 16.1. The molecule has 1 fully saturated rings. The van der Waals surface area contributed by atoms with Gasteiger partial charge in [-0.05, 0) is 25.0 Å². The Morgan fingerprint density at radius 1 is 1.35 bits per heavy atom. The van der Waals surface area contributed by atoms with Gasteiger partial charge in [0, 0.05) is 12.6 Å². The molecule has 110 valence electrons. The lowest BCUT2D eigenvalue weighted by atomic mass is 10.1. The monoisotopic (exact) mass is 297 g/mol. The first kappa shape index (κ1) is 15.1. The van der Waals surface area contributed by atoms with Crippen molar-refractivity contribution in [3.8, 4) is 0 Å². The Bertz CT molecular complexity index is 481. The first-order valence-corrected chi connectivity index (χ1v) is 7.32. The Hall–Kier alpha value is -1.33. The molecule has 0 spiro atoms. The topological polar surface area (TPSA) is 74.2 Å². The molecule has 20 heavy (non-hydrogen) atoms. The van der Waals surface area contributed by atoms with Gasteiger partial charge in [0.1, 0.15) is 11.0 Å². The summed E-state index contributed by atoms with van der Waals surface area (Å²) in [7, 11) is 1.72. The molecule has 2 unspecified atom stereocenters. The van der Waals surface area contributed by atoms with Crippen molar-refractivity contribution in [1.29, 1.82) is 0 Å². The predicted molar refractivity (Wildman–Crippen MR) is 79.1 cm³/mol. The van der Waals surface area contributed by atoms with Crippen LogP contribution in [0.5, 0.6) is 0 Å². The second-order valence-corrected chi connectivity index (χ2v) is 5.49. The average molecular weight is 298 g/mol. The van der Waals surface area contributed by atoms with E-state index in [-0.39, 0.29) is 17.1 Å². The number of halogens is 1. The smallest absolute Gasteiger partial charge is 0.251 e. The third kappa shape index (κ3) is 3.84. The van der Waals surface area contributed by atoms with Gasteiger partial charge in [-0.15, -0.1) is 0 Å². The number of aliphatic hydroxyl groups excluding tert-OH is 1. The van der Waals surface area contributed by atoms with Crippen LogP contribution in [-0.2, 0) is 0 Å². The molecule has 2 atom stereocenters. The van der Waals surface area contributed by atoms with E-state index in [0.29, 0.717) is 11.4 Å². The molecular formula is C14H20ClN3O2. The van der Waals surface area contributed by atoms with E-state index in [0.717, 1.165) is 32.1 Å². The SMILES string of the molecule is CNc1cc(C(=O)NC2CCCCCC2O)cc(Cl)n1. The van der Waals surface area contributed by atoms with Crippen LogP contribution in [0, 0.1) is 0 Å². The zero-order valence-corrected chi connectivity index (χ0v) is 12.3. The van der Waals surface area contributed by atoms with E-state index in [2.05, 4.69) is 15.6 Å². The standard InChI is InChI=1S/C14H20ClN3O2/c1-16-13-8-9(7-12(15)18-13)14(20)17-10-5-3-2-4-6-11(10)19/h7-8,10-11,19H,2-6H2,1H3,(H,16,18)(H,17,20). The molecule has 6 heteroatoms. The Morgan fingerprint density at radius 2 is 2.10 bits per heavy atom. The van der Waals surface area contributed by atoms with E-state index in [4.69, 9.17) is 11.6 Å². The maximum absolute atomic E-state index is 12.3. The van der Waals surface area contributed by atoms with Crippen molar-refractivity contribution in [2.24, 2.45) is 0 Å². The zero-order chi connectivity index (χ0) is 14.5. The number of aliphatic hydroxyl groups is 1. The van der Waals surface area contributed by atoms with E-state index >= 15 is 0 Å². The van der Waals surface area contributed by atoms with Gasteiger partial charge < -0.3 is 15.7 Å². The molecule has 1 aromatic heterocycles. The fourth-order valence-corrected chi connectivity index (χ4v) is 2.67. The highest BCUT2D eigenvalue weighted by molar-refractivity contribution is 6.29. The minimum absolute atomic E-state index is 0.185. The number of amides is 1. The van der Waals surface area contributed by atoms with Crippen molar-refractivity contribution < 1.29 is 9.90 Å². The van der Waals surface area contributed by atoms with Crippen molar-refractivity contribution in [2.75, 3.05) is 12.4 Å². The third-order valence-electron chi connectivity index (χ3n) is 3.61. The fraction of sp³-hybridized carbons (Fsp3) is 0.571. The molecule has 1 aliphatic carbocycles. The average Bonchev–Trinajstić information content (AvgIpc) is 2.63. The number of hydrogen-bond acceptors (Lipinski definition) is 4. The number of pyridine rings is 1. The van der Waals surface area contributed by atoms with Crippen LogP contribution in [0.2, 0.25) is 5.15 Å². The normalized spacial score (nSPS) is 22.9. The molecule has 0 aliphatic heterocycles. The first-order chi connectivity index (χ1) is 9.60. The molecule has 1 saturated carbocycles. The molecule has 2 rings (SSSR count). The number of hydrogen-bond donors (Lipinski definition) is 3. The lowest BCUT2D eigenvalue weighted by molar-refractivity contribution is 0.0818. The van der Waals surface area contributed by atoms with Gasteiger partial charge in [0.15, 0.2) is 0 Å². The summed E-state index contributed by atoms with van der Waals surface area (Å²) < 4.78 is 0. The predicted octanol–water partition coefficient (Wildman–Crippen LogP) is 2.20. The van der Waals surface area contributed by atoms with E-state index in [1.807, 2.05) is 0 Å². The summed E-state index contributed by atoms with van der Waals surface area (Å²) in [6, 6.07) is 2.99. The number of nitrogens with one attached hydrogen (secondary N) is 2. The van der Waals surface area contributed by atoms with Crippen molar-refractivity contribution in [2.45, 2.75) is 44.2 Å². The van der Waals surface area contributed by atoms with Gasteiger partial charge >= 0.3 is 0 Å². The van der Waals surface area contributed by atoms with Crippen LogP contribution in [0.3, 0.4) is 0 Å². The maximum atomic E-state index is 12.3. The summed E-state index contributed by atoms with van der Waals surface area (Å²) in [6.45, 7) is 0. The lowest BCUT2D eigenvalue weighted by Crippen LogP contribution is -2.42. The Balaban J connectivity index is 2.09. The van der Waals surface area contributed by atoms with Gasteiger partial charge in [-0.3, -0.25) is 4.79 Å². The maximum Gasteiger partial charge on any atom is 0.251 e. The molecule has 5 nitrogen and oxygen atoms in total. The zero-order valence-electron chi connectivity index (χ0n) is 11.5. The van der Waals surface area contributed by atoms with Crippen molar-refractivity contribution in [3.63, 3.8) is 0 Å². The Kier molecular flexibility index (Phi) is 5.20. The van der Waals surface area contributed by atoms with Gasteiger partial charge in [-0.25, -0.2) is 4.98 Å². The molecule has 0 radical (unpaired) electrons. The summed E-state index contributed by atoms with van der Waals surface area (Å²) in [5.41, 5.74) is 0.450. The Morgan fingerprint density at radius 3 is 2.85 bits per heavy atom. The van der Waals surface area contributed by atoms with Gasteiger partial charge in [0.25, 0.3) is 5.91 Å². The molecule has 0 aromatic carbocycles. The van der Waals surface area contributed by atoms with Gasteiger partial charge in [0.2, 0.25) is 0 Å². The van der Waals surface area contributed by atoms with Crippen LogP contribution < -0.4 is 10.6 Å². The van der Waals surface area contributed by atoms with Crippen LogP contribution >= 0.6 is 11.6 Å². The molecule has 1 aromatic rings. The third-order valence-corrected chi connectivity index (χ3v) is 3.80. The summed E-state index contributed by atoms with van der Waals surface area (Å²) in [6.07, 6.45) is 4.23. The number of carbonyl (C=O) groups excluding carboxylic acids is 1. The molecule has 1 heterocycles. The Labute approximate surface area is 123 Å². The van der Waals surface area contributed by atoms with Crippen molar-refractivity contribution in [3.05, 3.63) is 22.8 Å². The van der Waals surface area contributed by atoms with Gasteiger partial charge in [-0.1, -0.05) is 30.9 Å². The molecule has 0 saturated heterocycles. The highest BCUT2D eigenvalue weighted by Gasteiger charge is 2.23. The highest BCUT2D eigenvalue weighted by Crippen LogP contribution is 2.19. The summed E-state index contributed by atoms with van der Waals surface area (Å²) in [5.74, 6) is 0.320. The number of nitrogens with zero attached hydrogens (tertiary/aromatic N) is 1. The van der Waals surface area contributed by atoms with Gasteiger partial charge in [0.05, 0.1) is 12.1 Å². The van der Waals surface area contributed by atoms with E-state index < -0.39 is 6.10 Å². The minimum Gasteiger partial charge on any atom is -0.391 e. The summed E-state index contributed by atoms with van der Waals surface area (Å²) in [4.78, 5) is 16.3. The van der Waals surface area contributed by atoms with E-state index in [1.54, 1.807) is 13.1 Å². The largest absolute Gasteiger partial charge is 0.391 e. The quantitative estimate of drug-likeness (QED) is 0.591. The van der Waals surface area contributed by atoms with Crippen LogP contribution in [0.1, 0.15) is 42.5 Å². The molecule has 1 aliphatic rings. The fourth-order valence-electron chi connectivity index (χ4n) is 2.46. The molecular weight excluding hydrogens is 278 g/mol. The van der Waals surface area contributed by atoms with Crippen molar-refractivity contribution >= 4 is 23.3 Å². The number of anilines is 1. The van der Waals surface area contributed by atoms with Crippen LogP contribution in [0.15, 0.2) is 12.1 Å². The number of rotatable bonds is 3. The second-order valence-electron chi connectivity index (χ2n) is 5.10. The number of aromatic nitrogens is 1. The molecule has 3 N–H and O–H groups in total. The number of carbonyl (C=O) groups is 1. The molecule has 0 bridgehead atoms. The van der Waals surface area contributed by atoms with Crippen LogP contribution in [-0.4, -0.2) is 35.2 Å². The summed E-state index contributed by atoms with van der Waals surface area (Å²) >= 11 is 5.89. The van der Waals surface area contributed by atoms with Crippen molar-refractivity contribution in [1.82, 2.24) is 10.3 Å². The van der Waals surface area contributed by atoms with Gasteiger partial charge in [-0.2, -0.15) is 0 Å². The van der Waals surface area contributed by atoms with Crippen LogP contribution in [0.4, 0.5) is 5.82 Å².